The summed E-state index contributed by atoms with van der Waals surface area (Å²) in [7, 11) is 0. The quantitative estimate of drug-likeness (QED) is 0.639. The van der Waals surface area contributed by atoms with Crippen LogP contribution in [0.2, 0.25) is 0 Å². The van der Waals surface area contributed by atoms with Crippen molar-refractivity contribution in [1.82, 2.24) is 5.32 Å². The Hall–Kier alpha value is -0.240. The summed E-state index contributed by atoms with van der Waals surface area (Å²) < 4.78 is 0. The van der Waals surface area contributed by atoms with Gasteiger partial charge < -0.3 is 5.32 Å². The summed E-state index contributed by atoms with van der Waals surface area (Å²) in [5, 5.41) is 2.86. The molecule has 0 spiro atoms. The Balaban J connectivity index is 3.40. The Kier molecular flexibility index (Phi) is 6.33. The fourth-order valence-corrected chi connectivity index (χ4v) is 1.11. The molecule has 1 amide bonds. The predicted octanol–water partition coefficient (Wildman–Crippen LogP) is 1.92. The Bertz CT molecular complexity index is 117. The maximum Gasteiger partial charge on any atom is 0.221 e. The van der Waals surface area contributed by atoms with E-state index in [-0.39, 0.29) is 11.9 Å². The zero-order valence-corrected chi connectivity index (χ0v) is 7.95. The van der Waals surface area contributed by atoms with Crippen molar-refractivity contribution in [2.45, 2.75) is 39.2 Å². The SMILES string of the molecule is CCC[C@@H](C)NC(=O)CCCl. The molecule has 0 saturated carbocycles. The molecule has 0 radical (unpaired) electrons. The van der Waals surface area contributed by atoms with Gasteiger partial charge in [0.25, 0.3) is 0 Å². The lowest BCUT2D eigenvalue weighted by atomic mass is 10.2. The fourth-order valence-electron chi connectivity index (χ4n) is 0.938. The van der Waals surface area contributed by atoms with Gasteiger partial charge in [0.05, 0.1) is 0 Å². The van der Waals surface area contributed by atoms with E-state index in [9.17, 15) is 4.79 Å². The van der Waals surface area contributed by atoms with E-state index in [1.54, 1.807) is 0 Å². The maximum absolute atomic E-state index is 10.9. The van der Waals surface area contributed by atoms with Crippen LogP contribution >= 0.6 is 11.6 Å². The summed E-state index contributed by atoms with van der Waals surface area (Å²) in [5.41, 5.74) is 0. The second kappa shape index (κ2) is 6.47. The second-order valence-electron chi connectivity index (χ2n) is 2.70. The summed E-state index contributed by atoms with van der Waals surface area (Å²) in [6, 6.07) is 0.288. The van der Waals surface area contributed by atoms with Crippen LogP contribution in [-0.4, -0.2) is 17.8 Å². The van der Waals surface area contributed by atoms with Crippen molar-refractivity contribution in [3.63, 3.8) is 0 Å². The first-order chi connectivity index (χ1) is 5.20. The highest BCUT2D eigenvalue weighted by atomic mass is 35.5. The first-order valence-corrected chi connectivity index (χ1v) is 4.59. The molecule has 0 bridgehead atoms. The van der Waals surface area contributed by atoms with Crippen molar-refractivity contribution in [2.75, 3.05) is 5.88 Å². The van der Waals surface area contributed by atoms with Gasteiger partial charge in [-0.3, -0.25) is 4.79 Å². The van der Waals surface area contributed by atoms with Gasteiger partial charge in [0.1, 0.15) is 0 Å². The molecule has 0 saturated heterocycles. The van der Waals surface area contributed by atoms with Gasteiger partial charge in [-0.25, -0.2) is 0 Å². The van der Waals surface area contributed by atoms with Crippen molar-refractivity contribution in [3.05, 3.63) is 0 Å². The third kappa shape index (κ3) is 6.17. The van der Waals surface area contributed by atoms with Crippen LogP contribution in [0.25, 0.3) is 0 Å². The Morgan fingerprint density at radius 2 is 2.27 bits per heavy atom. The Morgan fingerprint density at radius 1 is 1.64 bits per heavy atom. The molecule has 1 atom stereocenters. The van der Waals surface area contributed by atoms with Crippen LogP contribution < -0.4 is 5.32 Å². The van der Waals surface area contributed by atoms with Crippen LogP contribution in [-0.2, 0) is 4.79 Å². The minimum Gasteiger partial charge on any atom is -0.354 e. The van der Waals surface area contributed by atoms with Gasteiger partial charge in [-0.05, 0) is 13.3 Å². The van der Waals surface area contributed by atoms with Crippen molar-refractivity contribution in [1.29, 1.82) is 0 Å². The molecule has 2 nitrogen and oxygen atoms in total. The molecule has 11 heavy (non-hydrogen) atoms. The van der Waals surface area contributed by atoms with Gasteiger partial charge in [-0.15, -0.1) is 11.6 Å². The van der Waals surface area contributed by atoms with Gasteiger partial charge in [0.15, 0.2) is 0 Å². The fraction of sp³-hybridized carbons (Fsp3) is 0.875. The van der Waals surface area contributed by atoms with E-state index >= 15 is 0 Å². The van der Waals surface area contributed by atoms with Crippen molar-refractivity contribution in [2.24, 2.45) is 0 Å². The van der Waals surface area contributed by atoms with E-state index in [4.69, 9.17) is 11.6 Å². The summed E-state index contributed by atoms with van der Waals surface area (Å²) in [4.78, 5) is 10.9. The Labute approximate surface area is 73.3 Å². The number of hydrogen-bond acceptors (Lipinski definition) is 1. The van der Waals surface area contributed by atoms with Crippen LogP contribution in [0.4, 0.5) is 0 Å². The Morgan fingerprint density at radius 3 is 2.73 bits per heavy atom. The van der Waals surface area contributed by atoms with Crippen molar-refractivity contribution in [3.8, 4) is 0 Å². The molecule has 0 rings (SSSR count). The van der Waals surface area contributed by atoms with Crippen LogP contribution in [0.3, 0.4) is 0 Å². The minimum atomic E-state index is 0.0564. The number of hydrogen-bond donors (Lipinski definition) is 1. The minimum absolute atomic E-state index is 0.0564. The number of rotatable bonds is 5. The van der Waals surface area contributed by atoms with E-state index in [0.29, 0.717) is 12.3 Å². The summed E-state index contributed by atoms with van der Waals surface area (Å²) >= 11 is 5.40. The van der Waals surface area contributed by atoms with Crippen molar-refractivity contribution >= 4 is 17.5 Å². The van der Waals surface area contributed by atoms with Gasteiger partial charge in [0.2, 0.25) is 5.91 Å². The lowest BCUT2D eigenvalue weighted by Crippen LogP contribution is -2.32. The van der Waals surface area contributed by atoms with E-state index < -0.39 is 0 Å². The largest absolute Gasteiger partial charge is 0.354 e. The molecule has 3 heteroatoms. The molecule has 0 aromatic rings. The zero-order chi connectivity index (χ0) is 8.69. The summed E-state index contributed by atoms with van der Waals surface area (Å²) in [5.74, 6) is 0.464. The molecule has 0 aromatic carbocycles. The predicted molar refractivity (Wildman–Crippen MR) is 47.8 cm³/mol. The number of halogens is 1. The monoisotopic (exact) mass is 177 g/mol. The molecule has 0 fully saturated rings. The van der Waals surface area contributed by atoms with E-state index in [2.05, 4.69) is 12.2 Å². The van der Waals surface area contributed by atoms with Crippen LogP contribution in [0.1, 0.15) is 33.1 Å². The topological polar surface area (TPSA) is 29.1 Å². The molecule has 0 heterocycles. The lowest BCUT2D eigenvalue weighted by molar-refractivity contribution is -0.121. The van der Waals surface area contributed by atoms with Crippen LogP contribution in [0, 0.1) is 0 Å². The molecule has 0 aliphatic carbocycles. The number of carbonyl (C=O) groups excluding carboxylic acids is 1. The van der Waals surface area contributed by atoms with Crippen LogP contribution in [0.5, 0.6) is 0 Å². The number of carbonyl (C=O) groups is 1. The first kappa shape index (κ1) is 10.8. The number of alkyl halides is 1. The molecule has 0 aliphatic heterocycles. The molecular weight excluding hydrogens is 162 g/mol. The summed E-state index contributed by atoms with van der Waals surface area (Å²) in [6.45, 7) is 4.11. The van der Waals surface area contributed by atoms with Crippen molar-refractivity contribution < 1.29 is 4.79 Å². The third-order valence-electron chi connectivity index (χ3n) is 1.45. The van der Waals surface area contributed by atoms with Gasteiger partial charge in [-0.1, -0.05) is 13.3 Å². The molecule has 0 aliphatic rings. The highest BCUT2D eigenvalue weighted by molar-refractivity contribution is 6.18. The van der Waals surface area contributed by atoms with Gasteiger partial charge >= 0.3 is 0 Å². The second-order valence-corrected chi connectivity index (χ2v) is 3.07. The zero-order valence-electron chi connectivity index (χ0n) is 7.19. The highest BCUT2D eigenvalue weighted by Gasteiger charge is 2.04. The van der Waals surface area contributed by atoms with Crippen LogP contribution in [0.15, 0.2) is 0 Å². The van der Waals surface area contributed by atoms with E-state index in [1.165, 1.54) is 0 Å². The number of amides is 1. The third-order valence-corrected chi connectivity index (χ3v) is 1.64. The standard InChI is InChI=1S/C8H16ClNO/c1-3-4-7(2)10-8(11)5-6-9/h7H,3-6H2,1-2H3,(H,10,11)/t7-/m1/s1. The van der Waals surface area contributed by atoms with E-state index in [0.717, 1.165) is 12.8 Å². The maximum atomic E-state index is 10.9. The molecular formula is C8H16ClNO. The summed E-state index contributed by atoms with van der Waals surface area (Å²) in [6.07, 6.45) is 2.56. The van der Waals surface area contributed by atoms with Gasteiger partial charge in [0, 0.05) is 18.3 Å². The lowest BCUT2D eigenvalue weighted by Gasteiger charge is -2.11. The number of nitrogens with one attached hydrogen (secondary N) is 1. The molecule has 1 N–H and O–H groups in total. The van der Waals surface area contributed by atoms with E-state index in [1.807, 2.05) is 6.92 Å². The molecule has 0 unspecified atom stereocenters. The average Bonchev–Trinajstić information content (AvgIpc) is 1.87. The normalized spacial score (nSPS) is 12.6. The first-order valence-electron chi connectivity index (χ1n) is 4.06. The smallest absolute Gasteiger partial charge is 0.221 e. The average molecular weight is 178 g/mol. The molecule has 0 aromatic heterocycles. The highest BCUT2D eigenvalue weighted by Crippen LogP contribution is 1.95. The van der Waals surface area contributed by atoms with Gasteiger partial charge in [-0.2, -0.15) is 0 Å². The molecule has 66 valence electrons.